The van der Waals surface area contributed by atoms with Crippen LogP contribution in [0.2, 0.25) is 0 Å². The van der Waals surface area contributed by atoms with Gasteiger partial charge in [0.1, 0.15) is 5.52 Å². The minimum atomic E-state index is 0.331. The number of oxazole rings is 1. The molecule has 20 heavy (non-hydrogen) atoms. The van der Waals surface area contributed by atoms with Crippen molar-refractivity contribution < 1.29 is 9.15 Å². The molecule has 0 spiro atoms. The minimum Gasteiger partial charge on any atom is -0.423 e. The zero-order valence-corrected chi connectivity index (χ0v) is 11.4. The number of aromatic nitrogens is 1. The first-order valence-electron chi connectivity index (χ1n) is 7.35. The van der Waals surface area contributed by atoms with Gasteiger partial charge in [0.15, 0.2) is 5.58 Å². The van der Waals surface area contributed by atoms with Crippen molar-refractivity contribution >= 4 is 22.8 Å². The molecule has 1 aromatic heterocycles. The van der Waals surface area contributed by atoms with E-state index in [2.05, 4.69) is 9.88 Å². The van der Waals surface area contributed by atoms with Gasteiger partial charge in [-0.3, -0.25) is 0 Å². The Morgan fingerprint density at radius 3 is 3.10 bits per heavy atom. The van der Waals surface area contributed by atoms with Crippen molar-refractivity contribution in [1.29, 1.82) is 0 Å². The molecule has 106 valence electrons. The fraction of sp³-hybridized carbons (Fsp3) is 0.533. The van der Waals surface area contributed by atoms with E-state index < -0.39 is 0 Å². The second kappa shape index (κ2) is 4.66. The summed E-state index contributed by atoms with van der Waals surface area (Å²) in [7, 11) is 0. The van der Waals surface area contributed by atoms with Crippen LogP contribution in [0.1, 0.15) is 25.7 Å². The van der Waals surface area contributed by atoms with Crippen LogP contribution in [0, 0.1) is 0 Å². The van der Waals surface area contributed by atoms with Gasteiger partial charge in [-0.05, 0) is 31.0 Å². The number of nitrogens with zero attached hydrogens (tertiary/aromatic N) is 2. The van der Waals surface area contributed by atoms with Crippen LogP contribution in [-0.4, -0.2) is 30.3 Å². The average Bonchev–Trinajstić information content (AvgIpc) is 2.89. The number of rotatable bonds is 1. The summed E-state index contributed by atoms with van der Waals surface area (Å²) in [6.45, 7) is 1.60. The van der Waals surface area contributed by atoms with Crippen molar-refractivity contribution in [2.75, 3.05) is 23.8 Å². The summed E-state index contributed by atoms with van der Waals surface area (Å²) in [6.07, 6.45) is 5.16. The van der Waals surface area contributed by atoms with Crippen LogP contribution in [0.15, 0.2) is 22.6 Å². The third-order valence-electron chi connectivity index (χ3n) is 4.38. The summed E-state index contributed by atoms with van der Waals surface area (Å²) >= 11 is 0. The summed E-state index contributed by atoms with van der Waals surface area (Å²) in [4.78, 5) is 6.89. The molecule has 5 heteroatoms. The van der Waals surface area contributed by atoms with Gasteiger partial charge >= 0.3 is 0 Å². The van der Waals surface area contributed by atoms with E-state index in [1.807, 2.05) is 18.2 Å². The summed E-state index contributed by atoms with van der Waals surface area (Å²) in [6, 6.07) is 6.72. The summed E-state index contributed by atoms with van der Waals surface area (Å²) in [5.41, 5.74) is 8.15. The molecule has 5 nitrogen and oxygen atoms in total. The van der Waals surface area contributed by atoms with Crippen LogP contribution in [0.4, 0.5) is 11.7 Å². The van der Waals surface area contributed by atoms with Gasteiger partial charge in [-0.25, -0.2) is 0 Å². The van der Waals surface area contributed by atoms with E-state index in [1.165, 1.54) is 12.8 Å². The smallest absolute Gasteiger partial charge is 0.298 e. The van der Waals surface area contributed by atoms with E-state index in [-0.39, 0.29) is 0 Å². The zero-order chi connectivity index (χ0) is 13.5. The number of hydrogen-bond donors (Lipinski definition) is 1. The molecule has 2 atom stereocenters. The van der Waals surface area contributed by atoms with Crippen molar-refractivity contribution in [3.8, 4) is 0 Å². The van der Waals surface area contributed by atoms with E-state index in [1.54, 1.807) is 0 Å². The highest BCUT2D eigenvalue weighted by Gasteiger charge is 2.36. The van der Waals surface area contributed by atoms with Crippen molar-refractivity contribution in [3.05, 3.63) is 18.2 Å². The Morgan fingerprint density at radius 2 is 2.15 bits per heavy atom. The second-order valence-corrected chi connectivity index (χ2v) is 5.68. The Bertz CT molecular complexity index is 623. The van der Waals surface area contributed by atoms with E-state index in [4.69, 9.17) is 14.9 Å². The monoisotopic (exact) mass is 273 g/mol. The van der Waals surface area contributed by atoms with Gasteiger partial charge in [-0.1, -0.05) is 12.8 Å². The number of hydrogen-bond acceptors (Lipinski definition) is 5. The lowest BCUT2D eigenvalue weighted by Gasteiger charge is -2.42. The molecule has 0 bridgehead atoms. The molecule has 4 rings (SSSR count). The summed E-state index contributed by atoms with van der Waals surface area (Å²) in [5, 5.41) is 0. The maximum Gasteiger partial charge on any atom is 0.298 e. The first-order chi connectivity index (χ1) is 9.81. The summed E-state index contributed by atoms with van der Waals surface area (Å²) < 4.78 is 11.8. The van der Waals surface area contributed by atoms with Gasteiger partial charge in [0, 0.05) is 12.2 Å². The normalized spacial score (nSPS) is 26.7. The maximum absolute atomic E-state index is 5.92. The Balaban J connectivity index is 1.69. The fourth-order valence-electron chi connectivity index (χ4n) is 3.39. The van der Waals surface area contributed by atoms with Gasteiger partial charge in [-0.2, -0.15) is 4.98 Å². The molecule has 2 unspecified atom stereocenters. The lowest BCUT2D eigenvalue weighted by molar-refractivity contribution is -0.0105. The molecule has 2 N–H and O–H groups in total. The molecule has 0 radical (unpaired) electrons. The molecule has 2 fully saturated rings. The number of nitrogen functional groups attached to an aromatic ring is 1. The van der Waals surface area contributed by atoms with Gasteiger partial charge in [0.2, 0.25) is 0 Å². The van der Waals surface area contributed by atoms with Crippen LogP contribution >= 0.6 is 0 Å². The van der Waals surface area contributed by atoms with Gasteiger partial charge in [0.25, 0.3) is 6.01 Å². The molecule has 2 aliphatic rings. The SMILES string of the molecule is Nc1ccc2oc(N3CCOC4CCCCC43)nc2c1. The fourth-order valence-corrected chi connectivity index (χ4v) is 3.39. The van der Waals surface area contributed by atoms with Crippen LogP contribution in [-0.2, 0) is 4.74 Å². The standard InChI is InChI=1S/C15H19N3O2/c16-10-5-6-13-11(9-10)17-15(20-13)18-7-8-19-14-4-2-1-3-12(14)18/h5-6,9,12,14H,1-4,7-8,16H2. The van der Waals surface area contributed by atoms with Crippen molar-refractivity contribution in [1.82, 2.24) is 4.98 Å². The van der Waals surface area contributed by atoms with Crippen molar-refractivity contribution in [2.24, 2.45) is 0 Å². The van der Waals surface area contributed by atoms with Crippen LogP contribution in [0.5, 0.6) is 0 Å². The number of benzene rings is 1. The van der Waals surface area contributed by atoms with E-state index in [9.17, 15) is 0 Å². The summed E-state index contributed by atoms with van der Waals surface area (Å²) in [5.74, 6) is 0. The molecule has 1 saturated carbocycles. The number of ether oxygens (including phenoxy) is 1. The largest absolute Gasteiger partial charge is 0.423 e. The number of fused-ring (bicyclic) bond motifs is 2. The molecular formula is C15H19N3O2. The topological polar surface area (TPSA) is 64.5 Å². The van der Waals surface area contributed by atoms with E-state index in [0.29, 0.717) is 18.2 Å². The first-order valence-corrected chi connectivity index (χ1v) is 7.35. The molecular weight excluding hydrogens is 254 g/mol. The van der Waals surface area contributed by atoms with Crippen LogP contribution in [0.3, 0.4) is 0 Å². The van der Waals surface area contributed by atoms with Crippen molar-refractivity contribution in [3.63, 3.8) is 0 Å². The number of morpholine rings is 1. The van der Waals surface area contributed by atoms with E-state index in [0.717, 1.165) is 42.8 Å². The molecule has 2 heterocycles. The Morgan fingerprint density at radius 1 is 1.25 bits per heavy atom. The molecule has 1 aromatic carbocycles. The third-order valence-corrected chi connectivity index (χ3v) is 4.38. The Kier molecular flexibility index (Phi) is 2.80. The maximum atomic E-state index is 5.92. The highest BCUT2D eigenvalue weighted by Crippen LogP contribution is 2.33. The predicted octanol–water partition coefficient (Wildman–Crippen LogP) is 2.56. The molecule has 0 amide bonds. The van der Waals surface area contributed by atoms with Gasteiger partial charge in [0.05, 0.1) is 18.8 Å². The zero-order valence-electron chi connectivity index (χ0n) is 11.4. The Labute approximate surface area is 117 Å². The molecule has 1 aliphatic carbocycles. The quantitative estimate of drug-likeness (QED) is 0.809. The third kappa shape index (κ3) is 1.93. The number of nitrogens with two attached hydrogens (primary N) is 1. The van der Waals surface area contributed by atoms with Crippen LogP contribution < -0.4 is 10.6 Å². The number of anilines is 2. The molecule has 1 aliphatic heterocycles. The lowest BCUT2D eigenvalue weighted by atomic mass is 9.90. The molecule has 2 aromatic rings. The average molecular weight is 273 g/mol. The van der Waals surface area contributed by atoms with Crippen LogP contribution in [0.25, 0.3) is 11.1 Å². The minimum absolute atomic E-state index is 0.331. The van der Waals surface area contributed by atoms with Gasteiger partial charge < -0.3 is 19.8 Å². The first kappa shape index (κ1) is 12.0. The lowest BCUT2D eigenvalue weighted by Crippen LogP contribution is -2.53. The second-order valence-electron chi connectivity index (χ2n) is 5.68. The highest BCUT2D eigenvalue weighted by molar-refractivity contribution is 5.78. The van der Waals surface area contributed by atoms with E-state index >= 15 is 0 Å². The molecule has 1 saturated heterocycles. The van der Waals surface area contributed by atoms with Gasteiger partial charge in [-0.15, -0.1) is 0 Å². The highest BCUT2D eigenvalue weighted by atomic mass is 16.5. The Hall–Kier alpha value is -1.75. The van der Waals surface area contributed by atoms with Crippen molar-refractivity contribution in [2.45, 2.75) is 37.8 Å². The predicted molar refractivity (Wildman–Crippen MR) is 77.8 cm³/mol.